The van der Waals surface area contributed by atoms with Gasteiger partial charge in [0.15, 0.2) is 12.1 Å². The summed E-state index contributed by atoms with van der Waals surface area (Å²) >= 11 is 0. The fourth-order valence-corrected chi connectivity index (χ4v) is 9.21. The number of fused-ring (bicyclic) bond motifs is 1. The zero-order chi connectivity index (χ0) is 39.8. The van der Waals surface area contributed by atoms with Gasteiger partial charge in [-0.2, -0.15) is 0 Å². The monoisotopic (exact) mass is 768 g/mol. The van der Waals surface area contributed by atoms with Gasteiger partial charge in [-0.1, -0.05) is 69.2 Å². The van der Waals surface area contributed by atoms with Crippen molar-refractivity contribution in [1.29, 1.82) is 0 Å². The van der Waals surface area contributed by atoms with Crippen molar-refractivity contribution in [2.45, 2.75) is 142 Å². The maximum atomic E-state index is 13.9. The average molecular weight is 768 g/mol. The molecule has 0 amide bonds. The molecular weight excluding hydrogens is 698 g/mol. The predicted molar refractivity (Wildman–Crippen MR) is 213 cm³/mol. The van der Waals surface area contributed by atoms with E-state index in [1.54, 1.807) is 32.0 Å². The van der Waals surface area contributed by atoms with Gasteiger partial charge in [-0.25, -0.2) is 0 Å². The first-order chi connectivity index (χ1) is 26.2. The van der Waals surface area contributed by atoms with Crippen molar-refractivity contribution < 1.29 is 39.1 Å². The number of esters is 1. The Morgan fingerprint density at radius 2 is 1.60 bits per heavy atom. The number of benzene rings is 1. The Morgan fingerprint density at radius 3 is 2.24 bits per heavy atom. The molecule has 0 aliphatic carbocycles. The minimum Gasteiger partial charge on any atom is -0.462 e. The van der Waals surface area contributed by atoms with Crippen LogP contribution >= 0.6 is 0 Å². The zero-order valence-corrected chi connectivity index (χ0v) is 34.4. The van der Waals surface area contributed by atoms with Crippen molar-refractivity contribution in [2.24, 2.45) is 23.7 Å². The van der Waals surface area contributed by atoms with Crippen LogP contribution in [0.25, 0.3) is 0 Å². The van der Waals surface area contributed by atoms with Crippen LogP contribution in [0.5, 0.6) is 0 Å². The molecule has 0 aromatic heterocycles. The molecule has 11 nitrogen and oxygen atoms in total. The average Bonchev–Trinajstić information content (AvgIpc) is 3.58. The van der Waals surface area contributed by atoms with E-state index in [1.807, 2.05) is 33.8 Å². The summed E-state index contributed by atoms with van der Waals surface area (Å²) in [7, 11) is 3.59. The van der Waals surface area contributed by atoms with E-state index in [0.29, 0.717) is 19.3 Å². The van der Waals surface area contributed by atoms with Crippen molar-refractivity contribution in [3.63, 3.8) is 0 Å². The Kier molecular flexibility index (Phi) is 16.1. The summed E-state index contributed by atoms with van der Waals surface area (Å²) in [5, 5.41) is 34.4. The van der Waals surface area contributed by atoms with E-state index in [4.69, 9.17) is 14.2 Å². The Balaban J connectivity index is 1.47. The van der Waals surface area contributed by atoms with Gasteiger partial charge >= 0.3 is 5.97 Å². The Bertz CT molecular complexity index is 1440. The zero-order valence-electron chi connectivity index (χ0n) is 34.4. The second kappa shape index (κ2) is 20.3. The predicted octanol–water partition coefficient (Wildman–Crippen LogP) is 4.71. The van der Waals surface area contributed by atoms with E-state index in [0.717, 1.165) is 57.7 Å². The number of likely N-dealkylation sites (N-methyl/N-ethyl adjacent to an activating group) is 1. The van der Waals surface area contributed by atoms with Gasteiger partial charge in [0.2, 0.25) is 0 Å². The number of aliphatic hydroxyl groups excluding tert-OH is 3. The van der Waals surface area contributed by atoms with Crippen molar-refractivity contribution >= 4 is 11.8 Å². The maximum Gasteiger partial charge on any atom is 0.308 e. The quantitative estimate of drug-likeness (QED) is 0.302. The third-order valence-corrected chi connectivity index (χ3v) is 12.6. The highest BCUT2D eigenvalue weighted by Gasteiger charge is 2.47. The molecule has 4 heterocycles. The van der Waals surface area contributed by atoms with Crippen LogP contribution in [0, 0.1) is 23.7 Å². The SMILES string of the molecule is CC[C@H]1OC(=O)C[C@@H](O)[C@H](C)[C@@H](O[C@@H]2O[C@H](C)[C@@H](O)[C@H](N(C)C)[C@H]2O)[C@@H](CCN2Cc3ccccc3C2)C[C@@H](C)C(=O)/C=C\C(C)=C/[C@@H]1CN1CCCCC1. The maximum absolute atomic E-state index is 13.9. The van der Waals surface area contributed by atoms with Crippen molar-refractivity contribution in [3.05, 3.63) is 59.2 Å². The van der Waals surface area contributed by atoms with E-state index in [9.17, 15) is 24.9 Å². The number of aliphatic hydroxyl groups is 3. The molecule has 1 aromatic carbocycles. The van der Waals surface area contributed by atoms with E-state index < -0.39 is 60.8 Å². The van der Waals surface area contributed by atoms with Crippen molar-refractivity contribution in [2.75, 3.05) is 40.3 Å². The van der Waals surface area contributed by atoms with E-state index in [1.165, 1.54) is 17.5 Å². The van der Waals surface area contributed by atoms with Gasteiger partial charge < -0.3 is 39.3 Å². The van der Waals surface area contributed by atoms with Gasteiger partial charge in [-0.3, -0.25) is 14.5 Å². The second-order valence-electron chi connectivity index (χ2n) is 17.1. The highest BCUT2D eigenvalue weighted by atomic mass is 16.7. The van der Waals surface area contributed by atoms with Crippen LogP contribution in [0.2, 0.25) is 0 Å². The van der Waals surface area contributed by atoms with Gasteiger partial charge in [0, 0.05) is 37.4 Å². The molecule has 308 valence electrons. The number of hydrogen-bond acceptors (Lipinski definition) is 11. The summed E-state index contributed by atoms with van der Waals surface area (Å²) < 4.78 is 19.2. The molecule has 0 radical (unpaired) electrons. The first-order valence-corrected chi connectivity index (χ1v) is 20.9. The minimum absolute atomic E-state index is 0.00907. The number of cyclic esters (lactones) is 1. The van der Waals surface area contributed by atoms with Crippen LogP contribution in [0.3, 0.4) is 0 Å². The number of carbonyl (C=O) groups excluding carboxylic acids is 2. The number of likely N-dealkylation sites (tertiary alicyclic amines) is 1. The second-order valence-corrected chi connectivity index (χ2v) is 17.1. The number of ketones is 1. The summed E-state index contributed by atoms with van der Waals surface area (Å²) in [5.74, 6) is -1.74. The molecule has 11 heteroatoms. The Hall–Kier alpha value is -2.48. The fraction of sp³-hybridized carbons (Fsp3) is 0.727. The Labute approximate surface area is 329 Å². The lowest BCUT2D eigenvalue weighted by molar-refractivity contribution is -0.304. The lowest BCUT2D eigenvalue weighted by Crippen LogP contribution is -2.63. The van der Waals surface area contributed by atoms with Crippen LogP contribution in [0.1, 0.15) is 90.7 Å². The van der Waals surface area contributed by atoms with Gasteiger partial charge in [-0.15, -0.1) is 0 Å². The summed E-state index contributed by atoms with van der Waals surface area (Å²) in [6, 6.07) is 7.79. The molecule has 55 heavy (non-hydrogen) atoms. The molecule has 2 saturated heterocycles. The number of allylic oxidation sites excluding steroid dienone is 3. The number of rotatable bonds is 9. The molecule has 5 rings (SSSR count). The highest BCUT2D eigenvalue weighted by molar-refractivity contribution is 5.91. The Morgan fingerprint density at radius 1 is 0.927 bits per heavy atom. The largest absolute Gasteiger partial charge is 0.462 e. The van der Waals surface area contributed by atoms with Crippen LogP contribution in [-0.2, 0) is 36.9 Å². The summed E-state index contributed by atoms with van der Waals surface area (Å²) in [6.45, 7) is 14.7. The highest BCUT2D eigenvalue weighted by Crippen LogP contribution is 2.36. The smallest absolute Gasteiger partial charge is 0.308 e. The van der Waals surface area contributed by atoms with Crippen molar-refractivity contribution in [3.8, 4) is 0 Å². The standard InChI is InChI=1S/C44H69N3O8/c1-8-38-35(27-46-19-12-9-13-20-46)22-28(2)16-17-36(48)29(3)23-32(18-21-47-25-33-14-10-11-15-34(33)26-47)43(30(4)37(49)24-39(50)54-38)55-44-42(52)40(45(6)7)41(51)31(5)53-44/h10-11,14-17,22,29-32,35,37-38,40-44,49,51-52H,8-9,12-13,18-21,23-27H2,1-7H3/b17-16-,28-22-/t29-,30+,31-,32+,35-,37-,38-,40+,41-,42-,43-,44+/m1/s1. The van der Waals surface area contributed by atoms with Crippen LogP contribution in [0.15, 0.2) is 48.1 Å². The van der Waals surface area contributed by atoms with Gasteiger partial charge in [0.05, 0.1) is 36.9 Å². The van der Waals surface area contributed by atoms with E-state index in [-0.39, 0.29) is 30.0 Å². The molecule has 2 fully saturated rings. The molecule has 4 aliphatic heterocycles. The first-order valence-electron chi connectivity index (χ1n) is 20.9. The number of hydrogen-bond donors (Lipinski definition) is 3. The molecule has 0 saturated carbocycles. The lowest BCUT2D eigenvalue weighted by atomic mass is 9.79. The molecule has 3 N–H and O–H groups in total. The summed E-state index contributed by atoms with van der Waals surface area (Å²) in [5.41, 5.74) is 3.55. The van der Waals surface area contributed by atoms with Crippen LogP contribution in [-0.4, -0.2) is 131 Å². The molecule has 12 atom stereocenters. The molecular formula is C44H69N3O8. The third kappa shape index (κ3) is 11.6. The lowest BCUT2D eigenvalue weighted by Gasteiger charge is -2.46. The van der Waals surface area contributed by atoms with E-state index >= 15 is 0 Å². The van der Waals surface area contributed by atoms with Gasteiger partial charge in [-0.05, 0) is 103 Å². The molecule has 0 spiro atoms. The number of carbonyl (C=O) groups is 2. The van der Waals surface area contributed by atoms with Gasteiger partial charge in [0.25, 0.3) is 0 Å². The topological polar surface area (TPSA) is 132 Å². The molecule has 4 aliphatic rings. The number of ether oxygens (including phenoxy) is 3. The summed E-state index contributed by atoms with van der Waals surface area (Å²) in [6.07, 6.45) is 4.63. The van der Waals surface area contributed by atoms with Crippen molar-refractivity contribution in [1.82, 2.24) is 14.7 Å². The number of nitrogens with zero attached hydrogens (tertiary/aromatic N) is 3. The van der Waals surface area contributed by atoms with Gasteiger partial charge in [0.1, 0.15) is 12.2 Å². The third-order valence-electron chi connectivity index (χ3n) is 12.6. The summed E-state index contributed by atoms with van der Waals surface area (Å²) in [4.78, 5) is 34.2. The molecule has 0 bridgehead atoms. The molecule has 0 unspecified atom stereocenters. The van der Waals surface area contributed by atoms with E-state index in [2.05, 4.69) is 40.1 Å². The normalized spacial score (nSPS) is 38.0. The first kappa shape index (κ1) is 43.6. The fourth-order valence-electron chi connectivity index (χ4n) is 9.21. The number of piperidine rings is 1. The van der Waals surface area contributed by atoms with Crippen LogP contribution < -0.4 is 0 Å². The molecule has 1 aromatic rings. The van der Waals surface area contributed by atoms with Crippen LogP contribution in [0.4, 0.5) is 0 Å². The minimum atomic E-state index is -1.19.